The van der Waals surface area contributed by atoms with Gasteiger partial charge in [-0.25, -0.2) is 0 Å². The van der Waals surface area contributed by atoms with Gasteiger partial charge < -0.3 is 30.8 Å². The summed E-state index contributed by atoms with van der Waals surface area (Å²) in [6.07, 6.45) is -0.144. The molecule has 5 N–H and O–H groups in total. The molecule has 0 aromatic heterocycles. The molecule has 3 aliphatic carbocycles. The number of halogens is 3. The Hall–Kier alpha value is -1.82. The maximum atomic E-state index is 12.7. The summed E-state index contributed by atoms with van der Waals surface area (Å²) >= 11 is 0. The first-order chi connectivity index (χ1) is 17.3. The Morgan fingerprint density at radius 3 is 2.54 bits per heavy atom. The summed E-state index contributed by atoms with van der Waals surface area (Å²) in [5.74, 6) is 0.208. The Morgan fingerprint density at radius 1 is 1.22 bits per heavy atom. The maximum absolute atomic E-state index is 12.7. The van der Waals surface area contributed by atoms with Crippen molar-refractivity contribution in [1.82, 2.24) is 5.32 Å². The molecule has 3 unspecified atom stereocenters. The lowest BCUT2D eigenvalue weighted by molar-refractivity contribution is -0.274. The minimum atomic E-state index is -4.75. The Morgan fingerprint density at radius 2 is 1.92 bits per heavy atom. The van der Waals surface area contributed by atoms with E-state index in [1.54, 1.807) is 12.1 Å². The van der Waals surface area contributed by atoms with Gasteiger partial charge in [0.15, 0.2) is 0 Å². The summed E-state index contributed by atoms with van der Waals surface area (Å²) in [4.78, 5) is 12.7. The second-order valence-electron chi connectivity index (χ2n) is 11.6. The van der Waals surface area contributed by atoms with Gasteiger partial charge in [-0.2, -0.15) is 0 Å². The van der Waals surface area contributed by atoms with Crippen LogP contribution in [-0.2, 0) is 20.5 Å². The number of carbonyl (C=O) groups excluding carboxylic acids is 1. The van der Waals surface area contributed by atoms with Crippen molar-refractivity contribution in [2.75, 3.05) is 13.1 Å². The average molecular weight is 525 g/mol. The van der Waals surface area contributed by atoms with Crippen LogP contribution < -0.4 is 21.5 Å². The van der Waals surface area contributed by atoms with Crippen LogP contribution in [0.4, 0.5) is 13.2 Å². The van der Waals surface area contributed by atoms with E-state index in [1.807, 2.05) is 0 Å². The van der Waals surface area contributed by atoms with Gasteiger partial charge in [-0.15, -0.1) is 13.2 Å². The molecule has 1 heterocycles. The molecular weight excluding hydrogens is 486 g/mol. The van der Waals surface area contributed by atoms with E-state index in [0.717, 1.165) is 31.2 Å². The van der Waals surface area contributed by atoms with Crippen molar-refractivity contribution in [2.45, 2.75) is 89.2 Å². The monoisotopic (exact) mass is 525 g/mol. The molecule has 6 atom stereocenters. The highest BCUT2D eigenvalue weighted by Crippen LogP contribution is 2.66. The lowest BCUT2D eigenvalue weighted by Gasteiger charge is -2.64. The standard InChI is InChI=1S/C26H39BF3N3O4/c1-24(2)17-13-21(24)25(3)22(14-17)36-27(37-25)18(15-33-23(34)20(32)6-4-5-11-31)12-16-7-9-19(10-8-16)35-26(28,29)30/h7-10,17-18,20-22H,4-6,11-15,31-32H2,1-3H3,(H,33,34)/t17?,18-,20-,21?,22?,25-/m1/s1. The molecule has 7 nitrogen and oxygen atoms in total. The van der Waals surface area contributed by atoms with E-state index >= 15 is 0 Å². The number of hydrogen-bond acceptors (Lipinski definition) is 6. The number of nitrogens with one attached hydrogen (secondary N) is 1. The summed E-state index contributed by atoms with van der Waals surface area (Å²) in [7, 11) is -0.551. The molecule has 4 aliphatic rings. The van der Waals surface area contributed by atoms with E-state index in [1.165, 1.54) is 12.1 Å². The molecule has 3 saturated carbocycles. The number of benzene rings is 1. The van der Waals surface area contributed by atoms with Crippen LogP contribution in [0.2, 0.25) is 5.82 Å². The second-order valence-corrected chi connectivity index (χ2v) is 11.6. The minimum absolute atomic E-state index is 0.0199. The van der Waals surface area contributed by atoms with Crippen molar-refractivity contribution in [3.63, 3.8) is 0 Å². The Labute approximate surface area is 217 Å². The van der Waals surface area contributed by atoms with Crippen molar-refractivity contribution in [3.8, 4) is 5.75 Å². The molecule has 5 rings (SSSR count). The molecule has 1 aliphatic heterocycles. The van der Waals surface area contributed by atoms with Gasteiger partial charge in [-0.1, -0.05) is 32.4 Å². The van der Waals surface area contributed by atoms with E-state index in [-0.39, 0.29) is 35.5 Å². The normalized spacial score (nSPS) is 29.7. The van der Waals surface area contributed by atoms with Crippen molar-refractivity contribution < 1.29 is 32.0 Å². The number of hydrogen-bond donors (Lipinski definition) is 3. The number of alkyl halides is 3. The van der Waals surface area contributed by atoms with Crippen molar-refractivity contribution in [1.29, 1.82) is 0 Å². The lowest BCUT2D eigenvalue weighted by Crippen LogP contribution is -2.65. The molecule has 1 aromatic carbocycles. The van der Waals surface area contributed by atoms with Gasteiger partial charge in [-0.3, -0.25) is 4.79 Å². The third kappa shape index (κ3) is 6.10. The first-order valence-corrected chi connectivity index (χ1v) is 13.2. The third-order valence-corrected chi connectivity index (χ3v) is 8.85. The number of carbonyl (C=O) groups is 1. The van der Waals surface area contributed by atoms with Gasteiger partial charge in [0.05, 0.1) is 17.7 Å². The summed E-state index contributed by atoms with van der Waals surface area (Å²) < 4.78 is 54.8. The average Bonchev–Trinajstić information content (AvgIpc) is 3.18. The summed E-state index contributed by atoms with van der Waals surface area (Å²) in [6.45, 7) is 7.54. The fourth-order valence-corrected chi connectivity index (χ4v) is 6.50. The second kappa shape index (κ2) is 10.7. The number of amides is 1. The zero-order valence-electron chi connectivity index (χ0n) is 21.9. The number of rotatable bonds is 11. The first-order valence-electron chi connectivity index (χ1n) is 13.2. The van der Waals surface area contributed by atoms with Crippen LogP contribution in [0.3, 0.4) is 0 Å². The maximum Gasteiger partial charge on any atom is 0.573 e. The lowest BCUT2D eigenvalue weighted by atomic mass is 9.43. The van der Waals surface area contributed by atoms with Crippen LogP contribution in [0.15, 0.2) is 24.3 Å². The first kappa shape index (κ1) is 28.2. The molecule has 0 radical (unpaired) electrons. The quantitative estimate of drug-likeness (QED) is 0.300. The van der Waals surface area contributed by atoms with Gasteiger partial charge >= 0.3 is 13.5 Å². The van der Waals surface area contributed by atoms with Gasteiger partial charge in [0, 0.05) is 12.4 Å². The predicted molar refractivity (Wildman–Crippen MR) is 135 cm³/mol. The number of ether oxygens (including phenoxy) is 1. The molecule has 1 saturated heterocycles. The van der Waals surface area contributed by atoms with Crippen molar-refractivity contribution >= 4 is 13.0 Å². The number of unbranched alkanes of at least 4 members (excludes halogenated alkanes) is 1. The zero-order chi connectivity index (χ0) is 27.0. The largest absolute Gasteiger partial charge is 0.573 e. The molecule has 37 heavy (non-hydrogen) atoms. The van der Waals surface area contributed by atoms with Gasteiger partial charge in [-0.05, 0) is 80.5 Å². The highest BCUT2D eigenvalue weighted by atomic mass is 19.4. The van der Waals surface area contributed by atoms with Gasteiger partial charge in [0.1, 0.15) is 5.75 Å². The van der Waals surface area contributed by atoms with Crippen LogP contribution >= 0.6 is 0 Å². The number of nitrogens with two attached hydrogens (primary N) is 2. The Bertz CT molecular complexity index is 948. The molecule has 1 aromatic rings. The Balaban J connectivity index is 1.45. The SMILES string of the molecule is CC1(C)C2CC3OB([C@@H](CNC(=O)[C@H](N)CCCCN)Cc4ccc(OC(F)(F)F)cc4)O[C@]3(C)C1C2. The highest BCUT2D eigenvalue weighted by molar-refractivity contribution is 6.47. The summed E-state index contributed by atoms with van der Waals surface area (Å²) in [5.41, 5.74) is 12.2. The van der Waals surface area contributed by atoms with E-state index in [0.29, 0.717) is 31.2 Å². The van der Waals surface area contributed by atoms with Crippen LogP contribution in [0.5, 0.6) is 5.75 Å². The third-order valence-electron chi connectivity index (χ3n) is 8.85. The molecule has 2 bridgehead atoms. The van der Waals surface area contributed by atoms with Crippen LogP contribution in [0, 0.1) is 17.3 Å². The summed E-state index contributed by atoms with van der Waals surface area (Å²) in [6, 6.07) is 5.14. The molecule has 4 fully saturated rings. The minimum Gasteiger partial charge on any atom is -0.406 e. The van der Waals surface area contributed by atoms with Crippen LogP contribution in [-0.4, -0.2) is 50.2 Å². The fraction of sp³-hybridized carbons (Fsp3) is 0.731. The molecule has 11 heteroatoms. The topological polar surface area (TPSA) is 109 Å². The Kier molecular flexibility index (Phi) is 8.19. The van der Waals surface area contributed by atoms with Crippen LogP contribution in [0.1, 0.15) is 58.4 Å². The van der Waals surface area contributed by atoms with Gasteiger partial charge in [0.25, 0.3) is 0 Å². The molecule has 1 amide bonds. The van der Waals surface area contributed by atoms with Crippen molar-refractivity contribution in [3.05, 3.63) is 29.8 Å². The van der Waals surface area contributed by atoms with Crippen molar-refractivity contribution in [2.24, 2.45) is 28.7 Å². The molecular formula is C26H39BF3N3O4. The van der Waals surface area contributed by atoms with E-state index in [4.69, 9.17) is 20.8 Å². The zero-order valence-corrected chi connectivity index (χ0v) is 21.9. The highest BCUT2D eigenvalue weighted by Gasteiger charge is 2.68. The van der Waals surface area contributed by atoms with Gasteiger partial charge in [0.2, 0.25) is 5.91 Å². The van der Waals surface area contributed by atoms with Crippen LogP contribution in [0.25, 0.3) is 0 Å². The molecule has 0 spiro atoms. The fourth-order valence-electron chi connectivity index (χ4n) is 6.50. The van der Waals surface area contributed by atoms with E-state index in [2.05, 4.69) is 30.8 Å². The van der Waals surface area contributed by atoms with E-state index < -0.39 is 25.1 Å². The summed E-state index contributed by atoms with van der Waals surface area (Å²) in [5, 5.41) is 2.95. The smallest absolute Gasteiger partial charge is 0.406 e. The molecule has 206 valence electrons. The van der Waals surface area contributed by atoms with E-state index in [9.17, 15) is 18.0 Å². The predicted octanol–water partition coefficient (Wildman–Crippen LogP) is 3.80.